The van der Waals surface area contributed by atoms with Crippen LogP contribution in [0, 0.1) is 13.8 Å². The molecule has 0 radical (unpaired) electrons. The van der Waals surface area contributed by atoms with Gasteiger partial charge in [0, 0.05) is 5.56 Å². The first-order chi connectivity index (χ1) is 18.4. The Morgan fingerprint density at radius 3 is 2.47 bits per heavy atom. The summed E-state index contributed by atoms with van der Waals surface area (Å²) in [5, 5.41) is 11.7. The molecule has 3 aromatic carbocycles. The molecule has 4 aromatic rings. The molecule has 5 rings (SSSR count). The highest BCUT2D eigenvalue weighted by Crippen LogP contribution is 2.45. The van der Waals surface area contributed by atoms with Gasteiger partial charge in [-0.2, -0.15) is 0 Å². The Morgan fingerprint density at radius 2 is 1.76 bits per heavy atom. The Kier molecular flexibility index (Phi) is 7.29. The molecule has 38 heavy (non-hydrogen) atoms. The zero-order valence-electron chi connectivity index (χ0n) is 21.7. The second-order valence-electron chi connectivity index (χ2n) is 9.58. The number of nitrogens with zero attached hydrogens (tertiary/aromatic N) is 2. The van der Waals surface area contributed by atoms with Gasteiger partial charge in [0.15, 0.2) is 5.13 Å². The van der Waals surface area contributed by atoms with Gasteiger partial charge >= 0.3 is 5.91 Å². The number of hydrogen-bond acceptors (Lipinski definition) is 6. The number of ketones is 1. The van der Waals surface area contributed by atoms with Crippen molar-refractivity contribution in [3.8, 4) is 5.75 Å². The minimum atomic E-state index is -0.827. The molecule has 0 saturated carbocycles. The maximum absolute atomic E-state index is 13.5. The zero-order valence-corrected chi connectivity index (χ0v) is 22.5. The number of carbonyl (C=O) groups is 2. The number of fused-ring (bicyclic) bond motifs is 1. The van der Waals surface area contributed by atoms with Crippen LogP contribution in [0.5, 0.6) is 5.75 Å². The molecule has 0 bridgehead atoms. The molecule has 1 aliphatic rings. The summed E-state index contributed by atoms with van der Waals surface area (Å²) in [6.45, 7) is 6.78. The number of hydrogen-bond donors (Lipinski definition) is 1. The highest BCUT2D eigenvalue weighted by molar-refractivity contribution is 7.22. The SMILES string of the molecule is CCCCCOc1ccc(C2C(=C(O)c3ccccc3)C(=O)C(=O)N2c2nc3c(C)cc(C)cc3s2)cc1. The Morgan fingerprint density at radius 1 is 1.03 bits per heavy atom. The largest absolute Gasteiger partial charge is 0.507 e. The molecule has 1 fully saturated rings. The Hall–Kier alpha value is -3.97. The summed E-state index contributed by atoms with van der Waals surface area (Å²) in [7, 11) is 0. The summed E-state index contributed by atoms with van der Waals surface area (Å²) in [6, 6.07) is 19.5. The first-order valence-corrected chi connectivity index (χ1v) is 13.7. The molecule has 194 valence electrons. The van der Waals surface area contributed by atoms with Gasteiger partial charge in [-0.25, -0.2) is 4.98 Å². The van der Waals surface area contributed by atoms with E-state index in [0.717, 1.165) is 46.4 Å². The third-order valence-corrected chi connectivity index (χ3v) is 7.73. The first-order valence-electron chi connectivity index (χ1n) is 12.9. The minimum absolute atomic E-state index is 0.0463. The van der Waals surface area contributed by atoms with Crippen molar-refractivity contribution in [1.82, 2.24) is 4.98 Å². The fraction of sp³-hybridized carbons (Fsp3) is 0.258. The highest BCUT2D eigenvalue weighted by Gasteiger charge is 2.48. The van der Waals surface area contributed by atoms with Gasteiger partial charge in [-0.3, -0.25) is 14.5 Å². The van der Waals surface area contributed by atoms with Crippen molar-refractivity contribution in [1.29, 1.82) is 0 Å². The van der Waals surface area contributed by atoms with Gasteiger partial charge in [0.25, 0.3) is 5.78 Å². The van der Waals surface area contributed by atoms with Crippen LogP contribution in [0.2, 0.25) is 0 Å². The molecule has 0 aliphatic carbocycles. The van der Waals surface area contributed by atoms with Crippen molar-refractivity contribution < 1.29 is 19.4 Å². The number of benzene rings is 3. The second kappa shape index (κ2) is 10.8. The van der Waals surface area contributed by atoms with E-state index in [1.165, 1.54) is 16.2 Å². The molecule has 7 heteroatoms. The van der Waals surface area contributed by atoms with Crippen LogP contribution in [0.25, 0.3) is 16.0 Å². The van der Waals surface area contributed by atoms with Crippen LogP contribution in [-0.4, -0.2) is 28.4 Å². The number of carbonyl (C=O) groups excluding carboxylic acids is 2. The van der Waals surface area contributed by atoms with E-state index in [2.05, 4.69) is 6.92 Å². The number of ether oxygens (including phenoxy) is 1. The molecule has 6 nitrogen and oxygen atoms in total. The Balaban J connectivity index is 1.61. The predicted molar refractivity (Wildman–Crippen MR) is 152 cm³/mol. The van der Waals surface area contributed by atoms with Crippen LogP contribution in [0.4, 0.5) is 5.13 Å². The fourth-order valence-corrected chi connectivity index (χ4v) is 6.02. The Bertz CT molecular complexity index is 1520. The average Bonchev–Trinajstić information content (AvgIpc) is 3.45. The number of thiazole rings is 1. The van der Waals surface area contributed by atoms with Gasteiger partial charge in [0.05, 0.1) is 28.4 Å². The number of aromatic nitrogens is 1. The first kappa shape index (κ1) is 25.7. The lowest BCUT2D eigenvalue weighted by atomic mass is 9.95. The number of anilines is 1. The summed E-state index contributed by atoms with van der Waals surface area (Å²) in [5.41, 5.74) is 4.11. The molecule has 1 amide bonds. The van der Waals surface area contributed by atoms with Crippen molar-refractivity contribution in [2.45, 2.75) is 46.1 Å². The number of aliphatic hydroxyl groups is 1. The van der Waals surface area contributed by atoms with Crippen LogP contribution >= 0.6 is 11.3 Å². The summed E-state index contributed by atoms with van der Waals surface area (Å²) in [6.07, 6.45) is 3.20. The molecule has 1 unspecified atom stereocenters. The molecule has 1 N–H and O–H groups in total. The Labute approximate surface area is 226 Å². The van der Waals surface area contributed by atoms with Gasteiger partial charge in [-0.15, -0.1) is 0 Å². The van der Waals surface area contributed by atoms with E-state index in [9.17, 15) is 14.7 Å². The number of rotatable bonds is 8. The van der Waals surface area contributed by atoms with Crippen LogP contribution in [-0.2, 0) is 9.59 Å². The van der Waals surface area contributed by atoms with E-state index in [4.69, 9.17) is 9.72 Å². The molecule has 1 atom stereocenters. The number of aryl methyl sites for hydroxylation is 2. The molecular formula is C31H30N2O4S. The van der Waals surface area contributed by atoms with Crippen LogP contribution in [0.15, 0.2) is 72.3 Å². The van der Waals surface area contributed by atoms with E-state index >= 15 is 0 Å². The fourth-order valence-electron chi connectivity index (χ4n) is 4.85. The zero-order chi connectivity index (χ0) is 26.8. The van der Waals surface area contributed by atoms with Crippen molar-refractivity contribution >= 4 is 44.1 Å². The lowest BCUT2D eigenvalue weighted by Gasteiger charge is -2.23. The number of unbranched alkanes of at least 4 members (excludes halogenated alkanes) is 2. The maximum Gasteiger partial charge on any atom is 0.301 e. The number of aliphatic hydroxyl groups excluding tert-OH is 1. The summed E-state index contributed by atoms with van der Waals surface area (Å²) >= 11 is 1.37. The van der Waals surface area contributed by atoms with Crippen molar-refractivity contribution in [3.05, 3.63) is 94.6 Å². The van der Waals surface area contributed by atoms with E-state index in [1.54, 1.807) is 24.3 Å². The monoisotopic (exact) mass is 526 g/mol. The van der Waals surface area contributed by atoms with E-state index in [1.807, 2.05) is 56.3 Å². The van der Waals surface area contributed by atoms with Crippen LogP contribution in [0.3, 0.4) is 0 Å². The molecule has 0 spiro atoms. The normalized spacial score (nSPS) is 16.9. The van der Waals surface area contributed by atoms with Gasteiger partial charge in [0.1, 0.15) is 11.5 Å². The summed E-state index contributed by atoms with van der Waals surface area (Å²) in [4.78, 5) is 33.1. The average molecular weight is 527 g/mol. The van der Waals surface area contributed by atoms with Crippen molar-refractivity contribution in [2.75, 3.05) is 11.5 Å². The highest BCUT2D eigenvalue weighted by atomic mass is 32.1. The van der Waals surface area contributed by atoms with Crippen LogP contribution < -0.4 is 9.64 Å². The third-order valence-electron chi connectivity index (χ3n) is 6.73. The molecule has 1 saturated heterocycles. The van der Waals surface area contributed by atoms with E-state index < -0.39 is 17.7 Å². The number of amides is 1. The lowest BCUT2D eigenvalue weighted by Crippen LogP contribution is -2.29. The van der Waals surface area contributed by atoms with Crippen molar-refractivity contribution in [3.63, 3.8) is 0 Å². The van der Waals surface area contributed by atoms with Gasteiger partial charge < -0.3 is 9.84 Å². The third kappa shape index (κ3) is 4.82. The molecule has 1 aliphatic heterocycles. The quantitative estimate of drug-likeness (QED) is 0.115. The van der Waals surface area contributed by atoms with Gasteiger partial charge in [-0.1, -0.05) is 79.6 Å². The standard InChI is InChI=1S/C31H30N2O4S/c1-4-5-9-16-37-23-14-12-21(13-15-23)27-25(28(34)22-10-7-6-8-11-22)29(35)30(36)33(27)31-32-26-20(3)17-19(2)18-24(26)38-31/h6-8,10-15,17-18,27,34H,4-5,9,16H2,1-3H3. The minimum Gasteiger partial charge on any atom is -0.507 e. The van der Waals surface area contributed by atoms with E-state index in [0.29, 0.717) is 22.9 Å². The molecular weight excluding hydrogens is 496 g/mol. The predicted octanol–water partition coefficient (Wildman–Crippen LogP) is 7.11. The molecule has 1 aromatic heterocycles. The van der Waals surface area contributed by atoms with E-state index in [-0.39, 0.29) is 11.3 Å². The smallest absolute Gasteiger partial charge is 0.301 e. The second-order valence-corrected chi connectivity index (χ2v) is 10.6. The topological polar surface area (TPSA) is 79.7 Å². The van der Waals surface area contributed by atoms with Crippen LogP contribution in [0.1, 0.15) is 54.5 Å². The van der Waals surface area contributed by atoms with Crippen molar-refractivity contribution in [2.24, 2.45) is 0 Å². The molecule has 2 heterocycles. The number of Topliss-reactive ketones (excluding diaryl/α,β-unsaturated/α-hetero) is 1. The summed E-state index contributed by atoms with van der Waals surface area (Å²) in [5.74, 6) is -0.926. The summed E-state index contributed by atoms with van der Waals surface area (Å²) < 4.78 is 6.81. The van der Waals surface area contributed by atoms with Gasteiger partial charge in [0.2, 0.25) is 0 Å². The maximum atomic E-state index is 13.5. The van der Waals surface area contributed by atoms with Gasteiger partial charge in [-0.05, 0) is 55.2 Å². The lowest BCUT2D eigenvalue weighted by molar-refractivity contribution is -0.132.